The number of hydrogen-bond donors (Lipinski definition) is 0. The van der Waals surface area contributed by atoms with Gasteiger partial charge < -0.3 is 0 Å². The van der Waals surface area contributed by atoms with Crippen molar-refractivity contribution in [2.75, 3.05) is 0 Å². The van der Waals surface area contributed by atoms with Gasteiger partial charge in [-0.2, -0.15) is 10.2 Å². The zero-order chi connectivity index (χ0) is 17.6. The van der Waals surface area contributed by atoms with Crippen LogP contribution < -0.4 is 0 Å². The van der Waals surface area contributed by atoms with Crippen LogP contribution in [0.1, 0.15) is 63.1 Å². The summed E-state index contributed by atoms with van der Waals surface area (Å²) in [5.41, 5.74) is 3.23. The Morgan fingerprint density at radius 1 is 0.960 bits per heavy atom. The fraction of sp³-hybridized carbons (Fsp3) is 0.545. The Kier molecular flexibility index (Phi) is 6.17. The molecule has 1 aliphatic carbocycles. The van der Waals surface area contributed by atoms with Gasteiger partial charge in [-0.05, 0) is 55.4 Å². The average molecular weight is 340 g/mol. The smallest absolute Gasteiger partial charge is 0.127 e. The number of aromatic nitrogens is 2. The monoisotopic (exact) mass is 340 g/mol. The highest BCUT2D eigenvalue weighted by atomic mass is 19.1. The first kappa shape index (κ1) is 18.0. The molecule has 3 rings (SSSR count). The van der Waals surface area contributed by atoms with Gasteiger partial charge in [-0.3, -0.25) is 0 Å². The molecule has 1 heterocycles. The molecule has 1 fully saturated rings. The minimum atomic E-state index is -0.112. The fourth-order valence-corrected chi connectivity index (χ4v) is 4.04. The number of rotatable bonds is 6. The number of aryl methyl sites for hydroxylation is 2. The summed E-state index contributed by atoms with van der Waals surface area (Å²) in [6, 6.07) is 9.30. The SMILES string of the molecule is CCCC1CCC(CCc2ccc(-c3ccc(C)nn3)cc2F)CC1. The largest absolute Gasteiger partial charge is 0.207 e. The quantitative estimate of drug-likeness (QED) is 0.632. The predicted octanol–water partition coefficient (Wildman–Crippen LogP) is 6.13. The molecule has 134 valence electrons. The van der Waals surface area contributed by atoms with Gasteiger partial charge in [0.25, 0.3) is 0 Å². The van der Waals surface area contributed by atoms with Crippen molar-refractivity contribution in [2.24, 2.45) is 11.8 Å². The van der Waals surface area contributed by atoms with E-state index in [4.69, 9.17) is 0 Å². The minimum Gasteiger partial charge on any atom is -0.207 e. The van der Waals surface area contributed by atoms with Gasteiger partial charge in [0.05, 0.1) is 11.4 Å². The van der Waals surface area contributed by atoms with Gasteiger partial charge in [0.2, 0.25) is 0 Å². The lowest BCUT2D eigenvalue weighted by Crippen LogP contribution is -2.15. The summed E-state index contributed by atoms with van der Waals surface area (Å²) in [5.74, 6) is 1.60. The van der Waals surface area contributed by atoms with Crippen molar-refractivity contribution >= 4 is 0 Å². The predicted molar refractivity (Wildman–Crippen MR) is 101 cm³/mol. The Bertz CT molecular complexity index is 673. The van der Waals surface area contributed by atoms with Gasteiger partial charge in [-0.15, -0.1) is 0 Å². The van der Waals surface area contributed by atoms with Gasteiger partial charge >= 0.3 is 0 Å². The van der Waals surface area contributed by atoms with E-state index < -0.39 is 0 Å². The van der Waals surface area contributed by atoms with Gasteiger partial charge in [0.15, 0.2) is 0 Å². The molecule has 0 saturated heterocycles. The third-order valence-corrected chi connectivity index (χ3v) is 5.63. The number of hydrogen-bond acceptors (Lipinski definition) is 2. The van der Waals surface area contributed by atoms with Crippen LogP contribution in [0.4, 0.5) is 4.39 Å². The Labute approximate surface area is 150 Å². The topological polar surface area (TPSA) is 25.8 Å². The van der Waals surface area contributed by atoms with Crippen molar-refractivity contribution in [2.45, 2.75) is 65.2 Å². The van der Waals surface area contributed by atoms with Crippen molar-refractivity contribution in [3.63, 3.8) is 0 Å². The van der Waals surface area contributed by atoms with Crippen molar-refractivity contribution in [1.29, 1.82) is 0 Å². The Hall–Kier alpha value is -1.77. The second-order valence-electron chi connectivity index (χ2n) is 7.58. The van der Waals surface area contributed by atoms with E-state index in [0.717, 1.165) is 47.2 Å². The van der Waals surface area contributed by atoms with E-state index in [1.807, 2.05) is 31.2 Å². The molecule has 1 aromatic heterocycles. The molecular weight excluding hydrogens is 311 g/mol. The first-order valence-corrected chi connectivity index (χ1v) is 9.75. The summed E-state index contributed by atoms with van der Waals surface area (Å²) < 4.78 is 14.5. The van der Waals surface area contributed by atoms with Crippen molar-refractivity contribution in [3.05, 3.63) is 47.4 Å². The molecule has 2 nitrogen and oxygen atoms in total. The maximum atomic E-state index is 14.5. The number of nitrogens with zero attached hydrogens (tertiary/aromatic N) is 2. The number of halogens is 1. The second kappa shape index (κ2) is 8.55. The number of benzene rings is 1. The van der Waals surface area contributed by atoms with Crippen LogP contribution in [0.3, 0.4) is 0 Å². The molecular formula is C22H29FN2. The summed E-state index contributed by atoms with van der Waals surface area (Å²) >= 11 is 0. The molecule has 0 N–H and O–H groups in total. The molecule has 1 saturated carbocycles. The highest BCUT2D eigenvalue weighted by Gasteiger charge is 2.20. The highest BCUT2D eigenvalue weighted by molar-refractivity contribution is 5.59. The van der Waals surface area contributed by atoms with Crippen LogP contribution in [-0.2, 0) is 6.42 Å². The van der Waals surface area contributed by atoms with Gasteiger partial charge in [0.1, 0.15) is 5.82 Å². The molecule has 25 heavy (non-hydrogen) atoms. The molecule has 0 aliphatic heterocycles. The summed E-state index contributed by atoms with van der Waals surface area (Å²) in [6.45, 7) is 4.18. The fourth-order valence-electron chi connectivity index (χ4n) is 4.04. The Balaban J connectivity index is 1.56. The summed E-state index contributed by atoms with van der Waals surface area (Å²) in [4.78, 5) is 0. The van der Waals surface area contributed by atoms with E-state index in [-0.39, 0.29) is 5.82 Å². The molecule has 0 amide bonds. The maximum Gasteiger partial charge on any atom is 0.127 e. The summed E-state index contributed by atoms with van der Waals surface area (Å²) in [6.07, 6.45) is 10.0. The molecule has 0 bridgehead atoms. The Morgan fingerprint density at radius 2 is 1.68 bits per heavy atom. The first-order chi connectivity index (χ1) is 12.2. The van der Waals surface area contributed by atoms with Crippen LogP contribution in [0.5, 0.6) is 0 Å². The van der Waals surface area contributed by atoms with Crippen molar-refractivity contribution in [1.82, 2.24) is 10.2 Å². The third-order valence-electron chi connectivity index (χ3n) is 5.63. The van der Waals surface area contributed by atoms with Gasteiger partial charge in [-0.25, -0.2) is 4.39 Å². The summed E-state index contributed by atoms with van der Waals surface area (Å²) in [7, 11) is 0. The molecule has 0 radical (unpaired) electrons. The zero-order valence-corrected chi connectivity index (χ0v) is 15.5. The first-order valence-electron chi connectivity index (χ1n) is 9.75. The second-order valence-corrected chi connectivity index (χ2v) is 7.58. The zero-order valence-electron chi connectivity index (χ0n) is 15.5. The molecule has 1 aromatic carbocycles. The van der Waals surface area contributed by atoms with Crippen LogP contribution in [-0.4, -0.2) is 10.2 Å². The van der Waals surface area contributed by atoms with Crippen LogP contribution in [0, 0.1) is 24.6 Å². The molecule has 0 unspecified atom stereocenters. The molecule has 0 atom stereocenters. The maximum absolute atomic E-state index is 14.5. The van der Waals surface area contributed by atoms with Crippen LogP contribution in [0.25, 0.3) is 11.3 Å². The van der Waals surface area contributed by atoms with Crippen LogP contribution in [0.15, 0.2) is 30.3 Å². The van der Waals surface area contributed by atoms with E-state index in [0.29, 0.717) is 0 Å². The highest BCUT2D eigenvalue weighted by Crippen LogP contribution is 2.34. The lowest BCUT2D eigenvalue weighted by Gasteiger charge is -2.28. The molecule has 2 aromatic rings. The van der Waals surface area contributed by atoms with Crippen molar-refractivity contribution in [3.8, 4) is 11.3 Å². The van der Waals surface area contributed by atoms with E-state index in [9.17, 15) is 4.39 Å². The van der Waals surface area contributed by atoms with Crippen LogP contribution in [0.2, 0.25) is 0 Å². The lowest BCUT2D eigenvalue weighted by molar-refractivity contribution is 0.252. The van der Waals surface area contributed by atoms with E-state index in [1.165, 1.54) is 38.5 Å². The molecule has 0 spiro atoms. The third kappa shape index (κ3) is 4.87. The standard InChI is InChI=1S/C22H29FN2/c1-3-4-17-6-8-18(9-7-17)10-11-19-12-13-20(15-21(19)23)22-14-5-16(2)24-25-22/h5,12-15,17-18H,3-4,6-11H2,1-2H3. The van der Waals surface area contributed by atoms with Gasteiger partial charge in [-0.1, -0.05) is 57.6 Å². The lowest BCUT2D eigenvalue weighted by atomic mass is 9.78. The summed E-state index contributed by atoms with van der Waals surface area (Å²) in [5, 5.41) is 8.20. The van der Waals surface area contributed by atoms with Gasteiger partial charge in [0, 0.05) is 5.56 Å². The van der Waals surface area contributed by atoms with Crippen LogP contribution >= 0.6 is 0 Å². The molecule has 3 heteroatoms. The average Bonchev–Trinajstić information content (AvgIpc) is 2.63. The Morgan fingerprint density at radius 3 is 2.28 bits per heavy atom. The molecule has 1 aliphatic rings. The normalized spacial score (nSPS) is 20.6. The van der Waals surface area contributed by atoms with E-state index in [1.54, 1.807) is 6.07 Å². The minimum absolute atomic E-state index is 0.112. The van der Waals surface area contributed by atoms with Crippen molar-refractivity contribution < 1.29 is 4.39 Å². The van der Waals surface area contributed by atoms with E-state index >= 15 is 0 Å². The van der Waals surface area contributed by atoms with E-state index in [2.05, 4.69) is 17.1 Å².